The molecule has 1 fully saturated rings. The number of ether oxygens (including phenoxy) is 1. The summed E-state index contributed by atoms with van der Waals surface area (Å²) >= 11 is 0. The minimum Gasteiger partial charge on any atom is -0.467 e. The van der Waals surface area contributed by atoms with Gasteiger partial charge < -0.3 is 40.7 Å². The van der Waals surface area contributed by atoms with Gasteiger partial charge in [-0.3, -0.25) is 14.4 Å². The summed E-state index contributed by atoms with van der Waals surface area (Å²) < 4.78 is 10.2. The Hall–Kier alpha value is -3.48. The van der Waals surface area contributed by atoms with Crippen LogP contribution in [0, 0.1) is 5.92 Å². The average Bonchev–Trinajstić information content (AvgIpc) is 3.45. The van der Waals surface area contributed by atoms with Crippen molar-refractivity contribution in [3.05, 3.63) is 24.2 Å². The van der Waals surface area contributed by atoms with Gasteiger partial charge >= 0.3 is 12.0 Å². The number of furan rings is 1. The van der Waals surface area contributed by atoms with Crippen LogP contribution in [0.15, 0.2) is 27.9 Å². The average molecular weight is 586 g/mol. The van der Waals surface area contributed by atoms with Gasteiger partial charge in [-0.05, 0) is 44.2 Å². The Bertz CT molecular complexity index is 931. The number of urea groups is 1. The van der Waals surface area contributed by atoms with Crippen molar-refractivity contribution in [2.45, 2.75) is 65.0 Å². The second kappa shape index (κ2) is 19.6. The second-order valence-corrected chi connectivity index (χ2v) is 9.47. The zero-order chi connectivity index (χ0) is 28.5. The Morgan fingerprint density at radius 3 is 2.75 bits per heavy atom. The molecule has 2 atom stereocenters. The Labute approximate surface area is 242 Å². The second-order valence-electron chi connectivity index (χ2n) is 9.47. The number of rotatable bonds is 16. The van der Waals surface area contributed by atoms with E-state index in [1.165, 1.54) is 11.2 Å². The standard InChI is InChI=1S/C26H43N7O6.ClH/c1-3-5-12-33(13-10-24(35)38-4-2)25(36)22(31-26(37)29-17-21-9-7-14-39-21)15-23(34)28-16-20-8-6-11-32(18-20)19-30-27;/h7,9,14,19-20,22H,3-6,8,10-13,15-18,27H2,1-2H3,(H,28,34)(H2,29,31,37);1H/t20-,22-;/m0./s1. The van der Waals surface area contributed by atoms with Crippen LogP contribution in [0.4, 0.5) is 4.79 Å². The molecule has 0 aromatic carbocycles. The number of amides is 4. The first kappa shape index (κ1) is 34.5. The van der Waals surface area contributed by atoms with Gasteiger partial charge in [0, 0.05) is 32.7 Å². The molecule has 5 N–H and O–H groups in total. The lowest BCUT2D eigenvalue weighted by Gasteiger charge is -2.31. The minimum atomic E-state index is -1.12. The van der Waals surface area contributed by atoms with Crippen LogP contribution in [0.25, 0.3) is 0 Å². The summed E-state index contributed by atoms with van der Waals surface area (Å²) in [6, 6.07) is 1.69. The van der Waals surface area contributed by atoms with Crippen molar-refractivity contribution in [3.63, 3.8) is 0 Å². The number of nitrogens with two attached hydrogens (primary N) is 1. The number of piperidine rings is 1. The molecule has 0 aliphatic carbocycles. The highest BCUT2D eigenvalue weighted by Crippen LogP contribution is 2.14. The Morgan fingerprint density at radius 2 is 2.08 bits per heavy atom. The summed E-state index contributed by atoms with van der Waals surface area (Å²) in [5, 5.41) is 11.8. The number of hydrogen-bond donors (Lipinski definition) is 4. The van der Waals surface area contributed by atoms with Gasteiger partial charge in [0.15, 0.2) is 0 Å². The highest BCUT2D eigenvalue weighted by atomic mass is 35.5. The van der Waals surface area contributed by atoms with Gasteiger partial charge in [-0.15, -0.1) is 12.4 Å². The molecule has 2 heterocycles. The van der Waals surface area contributed by atoms with Crippen molar-refractivity contribution in [2.24, 2.45) is 16.9 Å². The summed E-state index contributed by atoms with van der Waals surface area (Å²) in [6.45, 7) is 6.61. The highest BCUT2D eigenvalue weighted by Gasteiger charge is 2.29. The van der Waals surface area contributed by atoms with E-state index in [1.807, 2.05) is 11.8 Å². The molecule has 13 nitrogen and oxygen atoms in total. The minimum absolute atomic E-state index is 0. The Morgan fingerprint density at radius 1 is 1.27 bits per heavy atom. The maximum absolute atomic E-state index is 13.5. The number of esters is 1. The first-order valence-corrected chi connectivity index (χ1v) is 13.6. The lowest BCUT2D eigenvalue weighted by Crippen LogP contribution is -2.53. The monoisotopic (exact) mass is 585 g/mol. The molecule has 1 aliphatic rings. The molecule has 4 amide bonds. The number of unbranched alkanes of at least 4 members (excludes halogenated alkanes) is 1. The summed E-state index contributed by atoms with van der Waals surface area (Å²) in [6.07, 6.45) is 6.32. The van der Waals surface area contributed by atoms with Gasteiger partial charge in [0.05, 0.1) is 32.3 Å². The predicted octanol–water partition coefficient (Wildman–Crippen LogP) is 1.57. The van der Waals surface area contributed by atoms with Crippen molar-refractivity contribution in [1.82, 2.24) is 25.8 Å². The molecule has 0 unspecified atom stereocenters. The normalized spacial score (nSPS) is 15.6. The van der Waals surface area contributed by atoms with Crippen molar-refractivity contribution < 1.29 is 28.3 Å². The molecule has 0 radical (unpaired) electrons. The van der Waals surface area contributed by atoms with E-state index in [1.54, 1.807) is 25.4 Å². The first-order valence-electron chi connectivity index (χ1n) is 13.6. The Balaban J connectivity index is 0.00000800. The van der Waals surface area contributed by atoms with Crippen LogP contribution in [0.3, 0.4) is 0 Å². The molecule has 226 valence electrons. The smallest absolute Gasteiger partial charge is 0.315 e. The van der Waals surface area contributed by atoms with Gasteiger partial charge in [0.25, 0.3) is 0 Å². The lowest BCUT2D eigenvalue weighted by molar-refractivity contribution is -0.144. The maximum atomic E-state index is 13.5. The third-order valence-electron chi connectivity index (χ3n) is 6.35. The van der Waals surface area contributed by atoms with Crippen LogP contribution < -0.4 is 21.8 Å². The zero-order valence-electron chi connectivity index (χ0n) is 23.4. The van der Waals surface area contributed by atoms with E-state index in [0.29, 0.717) is 25.3 Å². The van der Waals surface area contributed by atoms with E-state index < -0.39 is 23.9 Å². The van der Waals surface area contributed by atoms with Gasteiger partial charge in [-0.25, -0.2) is 4.79 Å². The highest BCUT2D eigenvalue weighted by molar-refractivity contribution is 5.92. The Kier molecular flexibility index (Phi) is 16.9. The molecular formula is C26H44ClN7O6. The fourth-order valence-corrected chi connectivity index (χ4v) is 4.33. The summed E-state index contributed by atoms with van der Waals surface area (Å²) in [5.74, 6) is 4.82. The number of likely N-dealkylation sites (tertiary alicyclic amines) is 1. The fraction of sp³-hybridized carbons (Fsp3) is 0.654. The fourth-order valence-electron chi connectivity index (χ4n) is 4.33. The molecule has 1 saturated heterocycles. The molecule has 2 rings (SSSR count). The predicted molar refractivity (Wildman–Crippen MR) is 152 cm³/mol. The number of hydrogen-bond acceptors (Lipinski definition) is 8. The van der Waals surface area contributed by atoms with Crippen LogP contribution in [0.2, 0.25) is 0 Å². The quantitative estimate of drug-likeness (QED) is 0.0744. The van der Waals surface area contributed by atoms with Crippen LogP contribution >= 0.6 is 12.4 Å². The SMILES string of the molecule is CCCCN(CCC(=O)OCC)C(=O)[C@H](CC(=O)NC[C@@H]1CCCN(C=NN)C1)NC(=O)NCc1ccco1.Cl. The van der Waals surface area contributed by atoms with E-state index in [9.17, 15) is 19.2 Å². The molecule has 1 aromatic rings. The molecule has 14 heteroatoms. The third kappa shape index (κ3) is 13.0. The van der Waals surface area contributed by atoms with E-state index in [4.69, 9.17) is 15.0 Å². The molecule has 0 bridgehead atoms. The number of carbonyl (C=O) groups excluding carboxylic acids is 4. The van der Waals surface area contributed by atoms with Crippen LogP contribution in [-0.4, -0.2) is 85.3 Å². The van der Waals surface area contributed by atoms with Crippen LogP contribution in [-0.2, 0) is 25.7 Å². The third-order valence-corrected chi connectivity index (χ3v) is 6.35. The molecule has 0 saturated carbocycles. The summed E-state index contributed by atoms with van der Waals surface area (Å²) in [4.78, 5) is 54.6. The lowest BCUT2D eigenvalue weighted by atomic mass is 9.98. The van der Waals surface area contributed by atoms with Gasteiger partial charge in [0.2, 0.25) is 11.8 Å². The number of halogens is 1. The molecule has 0 spiro atoms. The van der Waals surface area contributed by atoms with Gasteiger partial charge in [0.1, 0.15) is 18.1 Å². The van der Waals surface area contributed by atoms with E-state index >= 15 is 0 Å². The number of hydrazone groups is 1. The molecule has 40 heavy (non-hydrogen) atoms. The van der Waals surface area contributed by atoms with Crippen LogP contribution in [0.5, 0.6) is 0 Å². The van der Waals surface area contributed by atoms with Crippen molar-refractivity contribution >= 4 is 42.6 Å². The van der Waals surface area contributed by atoms with Crippen LogP contribution in [0.1, 0.15) is 58.1 Å². The summed E-state index contributed by atoms with van der Waals surface area (Å²) in [5.41, 5.74) is 0. The molecular weight excluding hydrogens is 542 g/mol. The maximum Gasteiger partial charge on any atom is 0.315 e. The number of nitrogens with one attached hydrogen (secondary N) is 3. The largest absolute Gasteiger partial charge is 0.467 e. The zero-order valence-corrected chi connectivity index (χ0v) is 24.2. The molecule has 1 aliphatic heterocycles. The van der Waals surface area contributed by atoms with E-state index in [0.717, 1.165) is 32.4 Å². The first-order chi connectivity index (χ1) is 18.9. The van der Waals surface area contributed by atoms with E-state index in [2.05, 4.69) is 21.1 Å². The number of carbonyl (C=O) groups is 4. The van der Waals surface area contributed by atoms with Crippen molar-refractivity contribution in [1.29, 1.82) is 0 Å². The number of nitrogens with zero attached hydrogens (tertiary/aromatic N) is 3. The van der Waals surface area contributed by atoms with Gasteiger partial charge in [-0.2, -0.15) is 5.10 Å². The van der Waals surface area contributed by atoms with Gasteiger partial charge in [-0.1, -0.05) is 13.3 Å². The topological polar surface area (TPSA) is 172 Å². The summed E-state index contributed by atoms with van der Waals surface area (Å²) in [7, 11) is 0. The van der Waals surface area contributed by atoms with Crippen molar-refractivity contribution in [3.8, 4) is 0 Å². The molecule has 1 aromatic heterocycles. The van der Waals surface area contributed by atoms with Crippen molar-refractivity contribution in [2.75, 3.05) is 39.3 Å². The van der Waals surface area contributed by atoms with E-state index in [-0.39, 0.29) is 56.8 Å².